The maximum absolute atomic E-state index is 5.61. The van der Waals surface area contributed by atoms with Gasteiger partial charge in [-0.3, -0.25) is 4.98 Å². The molecule has 0 radical (unpaired) electrons. The number of nitrogens with two attached hydrogens (primary N) is 1. The monoisotopic (exact) mass is 259 g/mol. The van der Waals surface area contributed by atoms with Gasteiger partial charge in [-0.15, -0.1) is 5.10 Å². The molecule has 18 heavy (non-hydrogen) atoms. The zero-order chi connectivity index (χ0) is 12.8. The van der Waals surface area contributed by atoms with E-state index in [-0.39, 0.29) is 0 Å². The second kappa shape index (κ2) is 6.02. The fourth-order valence-electron chi connectivity index (χ4n) is 1.53. The molecular weight excluding hydrogens is 246 g/mol. The molecule has 0 bridgehead atoms. The predicted octanol–water partition coefficient (Wildman–Crippen LogP) is 1.16. The summed E-state index contributed by atoms with van der Waals surface area (Å²) >= 11 is 4.95. The molecule has 0 aromatic carbocycles. The minimum atomic E-state index is 0.314. The molecule has 6 heteroatoms. The molecule has 0 amide bonds. The van der Waals surface area contributed by atoms with Gasteiger partial charge in [0.2, 0.25) is 0 Å². The van der Waals surface area contributed by atoms with Gasteiger partial charge < -0.3 is 11.1 Å². The summed E-state index contributed by atoms with van der Waals surface area (Å²) in [5, 5.41) is 11.0. The fourth-order valence-corrected chi connectivity index (χ4v) is 1.70. The average molecular weight is 259 g/mol. The highest BCUT2D eigenvalue weighted by atomic mass is 32.1. The van der Waals surface area contributed by atoms with E-state index in [2.05, 4.69) is 20.5 Å². The molecule has 0 spiro atoms. The third kappa shape index (κ3) is 3.21. The predicted molar refractivity (Wildman–Crippen MR) is 74.4 cm³/mol. The van der Waals surface area contributed by atoms with E-state index in [0.29, 0.717) is 16.4 Å². The van der Waals surface area contributed by atoms with Crippen LogP contribution in [0, 0.1) is 0 Å². The van der Waals surface area contributed by atoms with Gasteiger partial charge in [0, 0.05) is 18.9 Å². The van der Waals surface area contributed by atoms with Crippen molar-refractivity contribution < 1.29 is 0 Å². The van der Waals surface area contributed by atoms with Crippen LogP contribution < -0.4 is 11.1 Å². The normalized spacial score (nSPS) is 10.0. The van der Waals surface area contributed by atoms with Crippen LogP contribution in [0.25, 0.3) is 0 Å². The van der Waals surface area contributed by atoms with E-state index in [1.807, 2.05) is 18.3 Å². The van der Waals surface area contributed by atoms with Crippen LogP contribution in [0.3, 0.4) is 0 Å². The van der Waals surface area contributed by atoms with Crippen LogP contribution >= 0.6 is 12.2 Å². The van der Waals surface area contributed by atoms with Crippen LogP contribution in [0.1, 0.15) is 11.1 Å². The number of thiocarbonyl (C=S) groups is 1. The Balaban J connectivity index is 1.97. The summed E-state index contributed by atoms with van der Waals surface area (Å²) in [6, 6.07) is 5.69. The molecule has 0 saturated heterocycles. The van der Waals surface area contributed by atoms with Crippen molar-refractivity contribution in [3.8, 4) is 0 Å². The van der Waals surface area contributed by atoms with Gasteiger partial charge in [-0.25, -0.2) is 0 Å². The van der Waals surface area contributed by atoms with Crippen molar-refractivity contribution in [3.05, 3.63) is 47.9 Å². The Morgan fingerprint density at radius 1 is 1.33 bits per heavy atom. The van der Waals surface area contributed by atoms with Crippen molar-refractivity contribution in [1.82, 2.24) is 15.2 Å². The average Bonchev–Trinajstić information content (AvgIpc) is 2.40. The number of aromatic nitrogens is 3. The number of anilines is 1. The summed E-state index contributed by atoms with van der Waals surface area (Å²) < 4.78 is 0. The lowest BCUT2D eigenvalue weighted by molar-refractivity contribution is 0.959. The molecule has 0 saturated carbocycles. The zero-order valence-corrected chi connectivity index (χ0v) is 10.5. The third-order valence-electron chi connectivity index (χ3n) is 2.42. The van der Waals surface area contributed by atoms with Crippen molar-refractivity contribution in [2.24, 2.45) is 5.73 Å². The molecule has 2 aromatic rings. The molecule has 2 rings (SSSR count). The molecule has 2 heterocycles. The molecule has 0 unspecified atom stereocenters. The Bertz CT molecular complexity index is 529. The molecule has 0 atom stereocenters. The first-order chi connectivity index (χ1) is 8.77. The number of nitrogens with one attached hydrogen (secondary N) is 1. The maximum Gasteiger partial charge on any atom is 0.158 e. The van der Waals surface area contributed by atoms with Gasteiger partial charge in [-0.05, 0) is 24.1 Å². The van der Waals surface area contributed by atoms with Gasteiger partial charge in [0.05, 0.1) is 11.8 Å². The molecule has 0 aliphatic heterocycles. The van der Waals surface area contributed by atoms with E-state index in [9.17, 15) is 0 Å². The van der Waals surface area contributed by atoms with E-state index in [0.717, 1.165) is 18.5 Å². The van der Waals surface area contributed by atoms with Gasteiger partial charge in [-0.1, -0.05) is 18.3 Å². The number of pyridine rings is 1. The lowest BCUT2D eigenvalue weighted by Crippen LogP contribution is -2.16. The van der Waals surface area contributed by atoms with Crippen LogP contribution in [0.5, 0.6) is 0 Å². The van der Waals surface area contributed by atoms with Gasteiger partial charge in [-0.2, -0.15) is 5.10 Å². The standard InChI is InChI=1S/C12H13N5S/c13-11(18)10-4-7-16-17-12(10)15-6-3-9-2-1-5-14-8-9/h1-2,4-5,7-8H,3,6H2,(H2,13,18)(H,15,17). The summed E-state index contributed by atoms with van der Waals surface area (Å²) in [5.41, 5.74) is 7.48. The van der Waals surface area contributed by atoms with Crippen molar-refractivity contribution in [1.29, 1.82) is 0 Å². The number of hydrogen-bond acceptors (Lipinski definition) is 5. The molecule has 0 fully saturated rings. The first kappa shape index (κ1) is 12.4. The Morgan fingerprint density at radius 2 is 2.22 bits per heavy atom. The summed E-state index contributed by atoms with van der Waals surface area (Å²) in [7, 11) is 0. The van der Waals surface area contributed by atoms with Crippen molar-refractivity contribution in [2.45, 2.75) is 6.42 Å². The van der Waals surface area contributed by atoms with Gasteiger partial charge in [0.1, 0.15) is 4.99 Å². The maximum atomic E-state index is 5.61. The lowest BCUT2D eigenvalue weighted by Gasteiger charge is -2.08. The zero-order valence-electron chi connectivity index (χ0n) is 9.71. The highest BCUT2D eigenvalue weighted by Crippen LogP contribution is 2.09. The number of nitrogens with zero attached hydrogens (tertiary/aromatic N) is 3. The Morgan fingerprint density at radius 3 is 2.94 bits per heavy atom. The summed E-state index contributed by atoms with van der Waals surface area (Å²) in [6.07, 6.45) is 6.01. The van der Waals surface area contributed by atoms with E-state index >= 15 is 0 Å². The van der Waals surface area contributed by atoms with E-state index in [4.69, 9.17) is 18.0 Å². The van der Waals surface area contributed by atoms with Crippen LogP contribution in [0.15, 0.2) is 36.8 Å². The summed E-state index contributed by atoms with van der Waals surface area (Å²) in [6.45, 7) is 0.722. The first-order valence-corrected chi connectivity index (χ1v) is 5.92. The largest absolute Gasteiger partial charge is 0.389 e. The Kier molecular flexibility index (Phi) is 4.14. The minimum Gasteiger partial charge on any atom is -0.389 e. The van der Waals surface area contributed by atoms with Crippen LogP contribution in [0.2, 0.25) is 0 Å². The Hall–Kier alpha value is -2.08. The highest BCUT2D eigenvalue weighted by molar-refractivity contribution is 7.80. The SMILES string of the molecule is NC(=S)c1ccnnc1NCCc1cccnc1. The second-order valence-electron chi connectivity index (χ2n) is 3.70. The van der Waals surface area contributed by atoms with Gasteiger partial charge in [0.25, 0.3) is 0 Å². The Labute approximate surface area is 110 Å². The molecule has 0 aliphatic carbocycles. The topological polar surface area (TPSA) is 76.7 Å². The van der Waals surface area contributed by atoms with Crippen molar-refractivity contribution in [2.75, 3.05) is 11.9 Å². The molecule has 92 valence electrons. The van der Waals surface area contributed by atoms with Crippen LogP contribution in [0.4, 0.5) is 5.82 Å². The number of rotatable bonds is 5. The van der Waals surface area contributed by atoms with E-state index < -0.39 is 0 Å². The highest BCUT2D eigenvalue weighted by Gasteiger charge is 2.05. The van der Waals surface area contributed by atoms with Crippen LogP contribution in [-0.2, 0) is 6.42 Å². The van der Waals surface area contributed by atoms with Crippen molar-refractivity contribution >= 4 is 23.0 Å². The fraction of sp³-hybridized carbons (Fsp3) is 0.167. The quantitative estimate of drug-likeness (QED) is 0.785. The molecule has 3 N–H and O–H groups in total. The van der Waals surface area contributed by atoms with E-state index in [1.165, 1.54) is 0 Å². The molecular formula is C12H13N5S. The van der Waals surface area contributed by atoms with Crippen molar-refractivity contribution in [3.63, 3.8) is 0 Å². The molecule has 2 aromatic heterocycles. The van der Waals surface area contributed by atoms with Gasteiger partial charge >= 0.3 is 0 Å². The molecule has 5 nitrogen and oxygen atoms in total. The summed E-state index contributed by atoms with van der Waals surface area (Å²) in [4.78, 5) is 4.37. The lowest BCUT2D eigenvalue weighted by atomic mass is 10.2. The van der Waals surface area contributed by atoms with Crippen LogP contribution in [-0.4, -0.2) is 26.7 Å². The smallest absolute Gasteiger partial charge is 0.158 e. The molecule has 0 aliphatic rings. The number of hydrogen-bond donors (Lipinski definition) is 2. The van der Waals surface area contributed by atoms with Gasteiger partial charge in [0.15, 0.2) is 5.82 Å². The summed E-state index contributed by atoms with van der Waals surface area (Å²) in [5.74, 6) is 0.619. The second-order valence-corrected chi connectivity index (χ2v) is 4.14. The minimum absolute atomic E-state index is 0.314. The first-order valence-electron chi connectivity index (χ1n) is 5.51. The third-order valence-corrected chi connectivity index (χ3v) is 2.64. The van der Waals surface area contributed by atoms with E-state index in [1.54, 1.807) is 18.5 Å².